The topological polar surface area (TPSA) is 46.5 Å². The molecule has 122 valence electrons. The van der Waals surface area contributed by atoms with Crippen molar-refractivity contribution in [3.8, 4) is 0 Å². The molecular weight excluding hydrogens is 290 g/mol. The molecule has 0 bridgehead atoms. The van der Waals surface area contributed by atoms with Crippen LogP contribution in [0.2, 0.25) is 0 Å². The SMILES string of the molecule is COC(=O)N1CCC(NCc2ccn(Cc3ccccc3)c2)C1. The van der Waals surface area contributed by atoms with Crippen LogP contribution in [0, 0.1) is 0 Å². The Morgan fingerprint density at radius 1 is 1.26 bits per heavy atom. The Bertz CT molecular complexity index is 639. The predicted molar refractivity (Wildman–Crippen MR) is 89.2 cm³/mol. The summed E-state index contributed by atoms with van der Waals surface area (Å²) in [4.78, 5) is 13.2. The van der Waals surface area contributed by atoms with Crippen LogP contribution in [0.25, 0.3) is 0 Å². The van der Waals surface area contributed by atoms with Gasteiger partial charge in [-0.15, -0.1) is 0 Å². The van der Waals surface area contributed by atoms with Crippen molar-refractivity contribution in [1.82, 2.24) is 14.8 Å². The first-order valence-corrected chi connectivity index (χ1v) is 7.99. The number of methoxy groups -OCH3 is 1. The van der Waals surface area contributed by atoms with Crippen molar-refractivity contribution in [2.24, 2.45) is 0 Å². The molecule has 1 aromatic heterocycles. The number of benzene rings is 1. The molecule has 1 N–H and O–H groups in total. The maximum Gasteiger partial charge on any atom is 0.409 e. The number of hydrogen-bond donors (Lipinski definition) is 1. The first kappa shape index (κ1) is 15.6. The summed E-state index contributed by atoms with van der Waals surface area (Å²) in [6, 6.07) is 12.9. The van der Waals surface area contributed by atoms with Gasteiger partial charge in [0.05, 0.1) is 7.11 Å². The standard InChI is InChI=1S/C18H23N3O2/c1-23-18(22)21-10-8-17(14-21)19-11-16-7-9-20(13-16)12-15-5-3-2-4-6-15/h2-7,9,13,17,19H,8,10-12,14H2,1H3. The average molecular weight is 313 g/mol. The summed E-state index contributed by atoms with van der Waals surface area (Å²) < 4.78 is 6.96. The number of nitrogens with one attached hydrogen (secondary N) is 1. The Morgan fingerprint density at radius 3 is 2.87 bits per heavy atom. The summed E-state index contributed by atoms with van der Waals surface area (Å²) in [5.41, 5.74) is 2.56. The maximum atomic E-state index is 11.5. The van der Waals surface area contributed by atoms with Gasteiger partial charge in [-0.25, -0.2) is 4.79 Å². The summed E-state index contributed by atoms with van der Waals surface area (Å²) in [6.45, 7) is 3.19. The number of ether oxygens (including phenoxy) is 1. The van der Waals surface area contributed by atoms with E-state index in [2.05, 4.69) is 52.6 Å². The number of aromatic nitrogens is 1. The van der Waals surface area contributed by atoms with E-state index in [1.54, 1.807) is 4.90 Å². The molecule has 1 fully saturated rings. The van der Waals surface area contributed by atoms with Gasteiger partial charge < -0.3 is 19.5 Å². The van der Waals surface area contributed by atoms with Gasteiger partial charge in [0, 0.05) is 44.6 Å². The zero-order valence-electron chi connectivity index (χ0n) is 13.4. The van der Waals surface area contributed by atoms with E-state index in [4.69, 9.17) is 4.74 Å². The molecule has 1 aliphatic heterocycles. The van der Waals surface area contributed by atoms with Crippen LogP contribution in [0.15, 0.2) is 48.8 Å². The van der Waals surface area contributed by atoms with Crippen molar-refractivity contribution < 1.29 is 9.53 Å². The van der Waals surface area contributed by atoms with Gasteiger partial charge in [0.25, 0.3) is 0 Å². The van der Waals surface area contributed by atoms with E-state index in [1.165, 1.54) is 18.2 Å². The highest BCUT2D eigenvalue weighted by Gasteiger charge is 2.26. The molecule has 0 saturated carbocycles. The lowest BCUT2D eigenvalue weighted by molar-refractivity contribution is 0.132. The zero-order valence-corrected chi connectivity index (χ0v) is 13.4. The van der Waals surface area contributed by atoms with Crippen LogP contribution in [-0.2, 0) is 17.8 Å². The molecule has 0 aliphatic carbocycles. The molecule has 3 rings (SSSR count). The van der Waals surface area contributed by atoms with E-state index >= 15 is 0 Å². The van der Waals surface area contributed by atoms with Crippen molar-refractivity contribution in [3.05, 3.63) is 59.9 Å². The van der Waals surface area contributed by atoms with Gasteiger partial charge in [0.15, 0.2) is 0 Å². The summed E-state index contributed by atoms with van der Waals surface area (Å²) in [7, 11) is 1.43. The molecule has 23 heavy (non-hydrogen) atoms. The lowest BCUT2D eigenvalue weighted by Crippen LogP contribution is -2.34. The number of amides is 1. The van der Waals surface area contributed by atoms with Gasteiger partial charge >= 0.3 is 6.09 Å². The normalized spacial score (nSPS) is 17.4. The minimum Gasteiger partial charge on any atom is -0.453 e. The van der Waals surface area contributed by atoms with Crippen LogP contribution >= 0.6 is 0 Å². The maximum absolute atomic E-state index is 11.5. The van der Waals surface area contributed by atoms with Crippen LogP contribution in [0.4, 0.5) is 4.79 Å². The molecule has 1 aliphatic rings. The molecular formula is C18H23N3O2. The monoisotopic (exact) mass is 313 g/mol. The fourth-order valence-electron chi connectivity index (χ4n) is 2.97. The number of likely N-dealkylation sites (tertiary alicyclic amines) is 1. The second kappa shape index (κ2) is 7.33. The van der Waals surface area contributed by atoms with Gasteiger partial charge in [-0.1, -0.05) is 30.3 Å². The molecule has 5 nitrogen and oxygen atoms in total. The minimum atomic E-state index is -0.233. The van der Waals surface area contributed by atoms with E-state index in [0.717, 1.165) is 32.6 Å². The van der Waals surface area contributed by atoms with Crippen LogP contribution in [-0.4, -0.2) is 41.8 Å². The fourth-order valence-corrected chi connectivity index (χ4v) is 2.97. The number of carbonyl (C=O) groups is 1. The van der Waals surface area contributed by atoms with Crippen molar-refractivity contribution in [2.75, 3.05) is 20.2 Å². The Labute approximate surface area is 136 Å². The van der Waals surface area contributed by atoms with Gasteiger partial charge in [0.2, 0.25) is 0 Å². The van der Waals surface area contributed by atoms with Crippen LogP contribution in [0.3, 0.4) is 0 Å². The molecule has 1 atom stereocenters. The van der Waals surface area contributed by atoms with Crippen molar-refractivity contribution in [3.63, 3.8) is 0 Å². The molecule has 0 spiro atoms. The fraction of sp³-hybridized carbons (Fsp3) is 0.389. The molecule has 0 radical (unpaired) electrons. The van der Waals surface area contributed by atoms with E-state index in [1.807, 2.05) is 6.07 Å². The summed E-state index contributed by atoms with van der Waals surface area (Å²) >= 11 is 0. The third-order valence-corrected chi connectivity index (χ3v) is 4.24. The lowest BCUT2D eigenvalue weighted by Gasteiger charge is -2.15. The first-order chi connectivity index (χ1) is 11.2. The summed E-state index contributed by atoms with van der Waals surface area (Å²) in [6.07, 6.45) is 5.02. The third-order valence-electron chi connectivity index (χ3n) is 4.24. The number of hydrogen-bond acceptors (Lipinski definition) is 3. The first-order valence-electron chi connectivity index (χ1n) is 7.99. The highest BCUT2D eigenvalue weighted by Crippen LogP contribution is 2.12. The average Bonchev–Trinajstić information content (AvgIpc) is 3.22. The Balaban J connectivity index is 1.47. The Morgan fingerprint density at radius 2 is 2.09 bits per heavy atom. The quantitative estimate of drug-likeness (QED) is 0.922. The molecule has 5 heteroatoms. The van der Waals surface area contributed by atoms with E-state index < -0.39 is 0 Å². The predicted octanol–water partition coefficient (Wildman–Crippen LogP) is 2.47. The van der Waals surface area contributed by atoms with E-state index in [-0.39, 0.29) is 6.09 Å². The summed E-state index contributed by atoms with van der Waals surface area (Å²) in [5.74, 6) is 0. The van der Waals surface area contributed by atoms with Crippen molar-refractivity contribution in [2.45, 2.75) is 25.6 Å². The molecule has 1 amide bonds. The van der Waals surface area contributed by atoms with Gasteiger partial charge in [-0.05, 0) is 23.6 Å². The second-order valence-electron chi connectivity index (χ2n) is 5.96. The van der Waals surface area contributed by atoms with E-state index in [0.29, 0.717) is 6.04 Å². The molecule has 2 heterocycles. The van der Waals surface area contributed by atoms with E-state index in [9.17, 15) is 4.79 Å². The van der Waals surface area contributed by atoms with Crippen LogP contribution in [0.1, 0.15) is 17.5 Å². The number of carbonyl (C=O) groups excluding carboxylic acids is 1. The van der Waals surface area contributed by atoms with Gasteiger partial charge in [0.1, 0.15) is 0 Å². The van der Waals surface area contributed by atoms with Crippen molar-refractivity contribution in [1.29, 1.82) is 0 Å². The van der Waals surface area contributed by atoms with Crippen LogP contribution < -0.4 is 5.32 Å². The molecule has 1 aromatic carbocycles. The number of rotatable bonds is 5. The van der Waals surface area contributed by atoms with Crippen molar-refractivity contribution >= 4 is 6.09 Å². The van der Waals surface area contributed by atoms with Gasteiger partial charge in [-0.3, -0.25) is 0 Å². The van der Waals surface area contributed by atoms with Gasteiger partial charge in [-0.2, -0.15) is 0 Å². The lowest BCUT2D eigenvalue weighted by atomic mass is 10.2. The largest absolute Gasteiger partial charge is 0.453 e. The van der Waals surface area contributed by atoms with Crippen LogP contribution in [0.5, 0.6) is 0 Å². The summed E-state index contributed by atoms with van der Waals surface area (Å²) in [5, 5.41) is 3.52. The number of nitrogens with zero attached hydrogens (tertiary/aromatic N) is 2. The highest BCUT2D eigenvalue weighted by atomic mass is 16.5. The second-order valence-corrected chi connectivity index (χ2v) is 5.96. The highest BCUT2D eigenvalue weighted by molar-refractivity contribution is 5.67. The Kier molecular flexibility index (Phi) is 4.98. The minimum absolute atomic E-state index is 0.233. The molecule has 1 unspecified atom stereocenters. The third kappa shape index (κ3) is 4.13. The zero-order chi connectivity index (χ0) is 16.1. The molecule has 2 aromatic rings. The molecule has 1 saturated heterocycles. The Hall–Kier alpha value is -2.27. The smallest absolute Gasteiger partial charge is 0.409 e.